The van der Waals surface area contributed by atoms with Crippen LogP contribution in [-0.4, -0.2) is 26.4 Å². The number of amides is 1. The zero-order chi connectivity index (χ0) is 19.5. The maximum atomic E-state index is 12.2. The van der Waals surface area contributed by atoms with Crippen LogP contribution < -0.4 is 16.2 Å². The maximum Gasteiger partial charge on any atom is 0.341 e. The lowest BCUT2D eigenvalue weighted by Gasteiger charge is -2.15. The van der Waals surface area contributed by atoms with E-state index in [4.69, 9.17) is 15.6 Å². The first-order valence-electron chi connectivity index (χ1n) is 7.59. The fourth-order valence-corrected chi connectivity index (χ4v) is 2.69. The zero-order valence-corrected chi connectivity index (χ0v) is 15.0. The molecular weight excluding hydrogens is 358 g/mol. The van der Waals surface area contributed by atoms with Gasteiger partial charge in [-0.3, -0.25) is 4.79 Å². The van der Waals surface area contributed by atoms with Crippen molar-refractivity contribution in [2.45, 2.75) is 24.8 Å². The Kier molecular flexibility index (Phi) is 5.63. The molecule has 0 unspecified atom stereocenters. The number of sulfonamides is 1. The number of carbonyl (C=O) groups excluding carboxylic acids is 2. The molecule has 0 fully saturated rings. The summed E-state index contributed by atoms with van der Waals surface area (Å²) >= 11 is 0. The molecule has 0 saturated heterocycles. The minimum Gasteiger partial charge on any atom is -0.449 e. The molecule has 0 aliphatic rings. The summed E-state index contributed by atoms with van der Waals surface area (Å²) in [4.78, 5) is 24.2. The Morgan fingerprint density at radius 3 is 2.46 bits per heavy atom. The molecule has 8 nitrogen and oxygen atoms in total. The van der Waals surface area contributed by atoms with Crippen LogP contribution in [0, 0.1) is 6.92 Å². The molecule has 0 radical (unpaired) electrons. The second kappa shape index (κ2) is 7.54. The third kappa shape index (κ3) is 4.58. The summed E-state index contributed by atoms with van der Waals surface area (Å²) in [7, 11) is -3.90. The molecule has 1 amide bonds. The van der Waals surface area contributed by atoms with Crippen molar-refractivity contribution in [3.63, 3.8) is 0 Å². The first-order chi connectivity index (χ1) is 12.1. The summed E-state index contributed by atoms with van der Waals surface area (Å²) in [6.45, 7) is 3.14. The maximum absolute atomic E-state index is 12.2. The summed E-state index contributed by atoms with van der Waals surface area (Å²) in [5.41, 5.74) is 7.22. The monoisotopic (exact) mass is 377 g/mol. The van der Waals surface area contributed by atoms with Gasteiger partial charge in [0.2, 0.25) is 10.0 Å². The van der Waals surface area contributed by atoms with Crippen molar-refractivity contribution >= 4 is 33.3 Å². The third-order valence-corrected chi connectivity index (χ3v) is 4.54. The number of esters is 1. The van der Waals surface area contributed by atoms with Crippen LogP contribution in [-0.2, 0) is 19.6 Å². The second-order valence-corrected chi connectivity index (χ2v) is 7.21. The lowest BCUT2D eigenvalue weighted by Crippen LogP contribution is -2.30. The minimum atomic E-state index is -3.90. The van der Waals surface area contributed by atoms with E-state index < -0.39 is 28.0 Å². The molecule has 2 aromatic carbocycles. The SMILES string of the molecule is Cc1cccc(C(=O)O[C@H](C)C(=O)Nc2cccc(S(N)(=O)=O)c2)c1N. The highest BCUT2D eigenvalue weighted by Gasteiger charge is 2.21. The quantitative estimate of drug-likeness (QED) is 0.531. The Labute approximate surface area is 151 Å². The topological polar surface area (TPSA) is 142 Å². The van der Waals surface area contributed by atoms with E-state index in [2.05, 4.69) is 5.32 Å². The van der Waals surface area contributed by atoms with Gasteiger partial charge >= 0.3 is 5.97 Å². The molecule has 2 aromatic rings. The standard InChI is InChI=1S/C17H19N3O5S/c1-10-5-3-8-14(15(10)18)17(22)25-11(2)16(21)20-12-6-4-7-13(9-12)26(19,23)24/h3-9,11H,18H2,1-2H3,(H,20,21)(H2,19,23,24)/t11-/m1/s1. The van der Waals surface area contributed by atoms with E-state index in [1.165, 1.54) is 37.3 Å². The molecule has 0 saturated carbocycles. The number of carbonyl (C=O) groups is 2. The summed E-state index contributed by atoms with van der Waals surface area (Å²) in [6, 6.07) is 10.3. The van der Waals surface area contributed by atoms with Crippen LogP contribution in [0.2, 0.25) is 0 Å². The molecule has 0 aliphatic carbocycles. The molecule has 5 N–H and O–H groups in total. The highest BCUT2D eigenvalue weighted by Crippen LogP contribution is 2.19. The number of rotatable bonds is 5. The van der Waals surface area contributed by atoms with Crippen molar-refractivity contribution in [1.29, 1.82) is 0 Å². The van der Waals surface area contributed by atoms with Gasteiger partial charge in [-0.1, -0.05) is 18.2 Å². The minimum absolute atomic E-state index is 0.146. The Morgan fingerprint density at radius 2 is 1.81 bits per heavy atom. The second-order valence-electron chi connectivity index (χ2n) is 5.65. The third-order valence-electron chi connectivity index (χ3n) is 3.63. The molecule has 26 heavy (non-hydrogen) atoms. The number of aryl methyl sites for hydroxylation is 1. The number of para-hydroxylation sites is 1. The number of hydrogen-bond acceptors (Lipinski definition) is 6. The van der Waals surface area contributed by atoms with Gasteiger partial charge in [0.05, 0.1) is 10.5 Å². The fraction of sp³-hybridized carbons (Fsp3) is 0.176. The number of ether oxygens (including phenoxy) is 1. The van der Waals surface area contributed by atoms with Gasteiger partial charge in [-0.05, 0) is 43.7 Å². The molecule has 0 aromatic heterocycles. The van der Waals surface area contributed by atoms with Crippen molar-refractivity contribution in [3.05, 3.63) is 53.6 Å². The number of primary sulfonamides is 1. The van der Waals surface area contributed by atoms with E-state index in [-0.39, 0.29) is 21.8 Å². The average molecular weight is 377 g/mol. The van der Waals surface area contributed by atoms with Gasteiger partial charge < -0.3 is 15.8 Å². The molecule has 2 rings (SSSR count). The first kappa shape index (κ1) is 19.4. The van der Waals surface area contributed by atoms with Gasteiger partial charge in [-0.15, -0.1) is 0 Å². The number of benzene rings is 2. The molecule has 0 spiro atoms. The van der Waals surface area contributed by atoms with Crippen LogP contribution in [0.4, 0.5) is 11.4 Å². The van der Waals surface area contributed by atoms with Crippen LogP contribution >= 0.6 is 0 Å². The van der Waals surface area contributed by atoms with Gasteiger partial charge in [0.25, 0.3) is 5.91 Å². The van der Waals surface area contributed by atoms with Crippen LogP contribution in [0.15, 0.2) is 47.4 Å². The van der Waals surface area contributed by atoms with E-state index in [9.17, 15) is 18.0 Å². The Hall–Kier alpha value is -2.91. The highest BCUT2D eigenvalue weighted by molar-refractivity contribution is 7.89. The van der Waals surface area contributed by atoms with E-state index in [1.54, 1.807) is 19.1 Å². The Morgan fingerprint density at radius 1 is 1.15 bits per heavy atom. The number of nitrogen functional groups attached to an aromatic ring is 1. The number of hydrogen-bond donors (Lipinski definition) is 3. The Balaban J connectivity index is 2.08. The molecule has 0 aliphatic heterocycles. The van der Waals surface area contributed by atoms with Crippen LogP contribution in [0.3, 0.4) is 0 Å². The van der Waals surface area contributed by atoms with Gasteiger partial charge in [-0.25, -0.2) is 18.4 Å². The van der Waals surface area contributed by atoms with Gasteiger partial charge in [0.1, 0.15) is 0 Å². The highest BCUT2D eigenvalue weighted by atomic mass is 32.2. The largest absolute Gasteiger partial charge is 0.449 e. The predicted molar refractivity (Wildman–Crippen MR) is 96.9 cm³/mol. The van der Waals surface area contributed by atoms with E-state index in [0.717, 1.165) is 5.56 Å². The lowest BCUT2D eigenvalue weighted by atomic mass is 10.1. The summed E-state index contributed by atoms with van der Waals surface area (Å²) < 4.78 is 27.8. The van der Waals surface area contributed by atoms with Crippen LogP contribution in [0.1, 0.15) is 22.8 Å². The lowest BCUT2D eigenvalue weighted by molar-refractivity contribution is -0.123. The van der Waals surface area contributed by atoms with Crippen molar-refractivity contribution in [1.82, 2.24) is 0 Å². The summed E-state index contributed by atoms with van der Waals surface area (Å²) in [6.07, 6.45) is -1.12. The van der Waals surface area contributed by atoms with Gasteiger partial charge in [0, 0.05) is 11.4 Å². The number of nitrogens with two attached hydrogens (primary N) is 2. The van der Waals surface area contributed by atoms with Crippen molar-refractivity contribution in [2.24, 2.45) is 5.14 Å². The van der Waals surface area contributed by atoms with E-state index in [1.807, 2.05) is 0 Å². The summed E-state index contributed by atoms with van der Waals surface area (Å²) in [5, 5.41) is 7.52. The van der Waals surface area contributed by atoms with Crippen LogP contribution in [0.5, 0.6) is 0 Å². The molecular formula is C17H19N3O5S. The normalized spacial score (nSPS) is 12.3. The van der Waals surface area contributed by atoms with Crippen molar-refractivity contribution in [2.75, 3.05) is 11.1 Å². The van der Waals surface area contributed by atoms with Crippen molar-refractivity contribution < 1.29 is 22.7 Å². The molecule has 0 bridgehead atoms. The van der Waals surface area contributed by atoms with Gasteiger partial charge in [0.15, 0.2) is 6.10 Å². The van der Waals surface area contributed by atoms with E-state index in [0.29, 0.717) is 0 Å². The Bertz CT molecular complexity index is 957. The fourth-order valence-electron chi connectivity index (χ4n) is 2.13. The van der Waals surface area contributed by atoms with Gasteiger partial charge in [-0.2, -0.15) is 0 Å². The molecule has 1 atom stereocenters. The van der Waals surface area contributed by atoms with E-state index >= 15 is 0 Å². The summed E-state index contributed by atoms with van der Waals surface area (Å²) in [5.74, 6) is -1.36. The predicted octanol–water partition coefficient (Wildman–Crippen LogP) is 1.41. The smallest absolute Gasteiger partial charge is 0.341 e. The molecule has 0 heterocycles. The first-order valence-corrected chi connectivity index (χ1v) is 9.14. The van der Waals surface area contributed by atoms with Crippen LogP contribution in [0.25, 0.3) is 0 Å². The molecule has 9 heteroatoms. The zero-order valence-electron chi connectivity index (χ0n) is 14.2. The molecule has 138 valence electrons. The van der Waals surface area contributed by atoms with Crippen molar-refractivity contribution in [3.8, 4) is 0 Å². The number of nitrogens with one attached hydrogen (secondary N) is 1. The number of anilines is 2. The average Bonchev–Trinajstić information content (AvgIpc) is 2.56.